The molecule has 1 saturated heterocycles. The Morgan fingerprint density at radius 2 is 0.621 bits per heavy atom. The Kier molecular flexibility index (Phi) is 14.4. The summed E-state index contributed by atoms with van der Waals surface area (Å²) in [5, 5.41) is 36.3. The summed E-state index contributed by atoms with van der Waals surface area (Å²) in [6.45, 7) is 1.52. The van der Waals surface area contributed by atoms with Crippen molar-refractivity contribution >= 4 is 61.6 Å². The van der Waals surface area contributed by atoms with Gasteiger partial charge in [0.2, 0.25) is 0 Å². The first-order chi connectivity index (χ1) is 13.2. The fraction of sp³-hybridized carbons (Fsp3) is 0.750. The average molecular weight is 447 g/mol. The molecule has 0 aromatic rings. The number of carbonyl (C=O) groups is 4. The molecule has 164 valence electrons. The summed E-state index contributed by atoms with van der Waals surface area (Å²) in [5.74, 6) is -4.08. The van der Waals surface area contributed by atoms with Gasteiger partial charge in [-0.15, -0.1) is 0 Å². The van der Waals surface area contributed by atoms with Crippen LogP contribution in [0.3, 0.4) is 0 Å². The quantitative estimate of drug-likeness (QED) is 0.288. The fourth-order valence-corrected chi connectivity index (χ4v) is 2.98. The second-order valence-corrected chi connectivity index (χ2v) is 6.68. The van der Waals surface area contributed by atoms with Gasteiger partial charge in [0.15, 0.2) is 0 Å². The van der Waals surface area contributed by atoms with E-state index in [0.29, 0.717) is 52.4 Å². The van der Waals surface area contributed by atoms with E-state index in [-0.39, 0.29) is 66.8 Å². The predicted molar refractivity (Wildman–Crippen MR) is 104 cm³/mol. The first kappa shape index (κ1) is 28.0. The molecule has 0 unspecified atom stereocenters. The van der Waals surface area contributed by atoms with Crippen molar-refractivity contribution in [3.8, 4) is 0 Å². The van der Waals surface area contributed by atoms with E-state index in [4.69, 9.17) is 20.4 Å². The molecule has 0 radical (unpaired) electrons. The zero-order valence-corrected chi connectivity index (χ0v) is 18.6. The molecule has 0 amide bonds. The van der Waals surface area contributed by atoms with Crippen LogP contribution >= 0.6 is 0 Å². The van der Waals surface area contributed by atoms with Crippen LogP contribution in [0.25, 0.3) is 0 Å². The van der Waals surface area contributed by atoms with Crippen molar-refractivity contribution in [2.45, 2.75) is 0 Å². The van der Waals surface area contributed by atoms with Crippen LogP contribution in [0, 0.1) is 0 Å². The van der Waals surface area contributed by atoms with Gasteiger partial charge in [0.05, 0.1) is 26.2 Å². The Balaban J connectivity index is -0.00000261. The number of hydrogen-bond acceptors (Lipinski definition) is 8. The van der Waals surface area contributed by atoms with Crippen LogP contribution in [-0.2, 0) is 19.2 Å². The Morgan fingerprint density at radius 3 is 0.724 bits per heavy atom. The number of aliphatic carboxylic acids is 4. The van der Waals surface area contributed by atoms with Crippen molar-refractivity contribution in [2.24, 2.45) is 0 Å². The van der Waals surface area contributed by atoms with E-state index in [9.17, 15) is 19.2 Å². The van der Waals surface area contributed by atoms with Crippen LogP contribution in [0.1, 0.15) is 2.85 Å². The number of hydrogen-bond donors (Lipinski definition) is 4. The van der Waals surface area contributed by atoms with Gasteiger partial charge >= 0.3 is 61.6 Å². The van der Waals surface area contributed by atoms with Crippen molar-refractivity contribution in [1.29, 1.82) is 0 Å². The first-order valence-electron chi connectivity index (χ1n) is 8.92. The molecule has 29 heavy (non-hydrogen) atoms. The minimum atomic E-state index is -1.02. The molecule has 0 aromatic heterocycles. The Hall–Kier alpha value is -1.02. The van der Waals surface area contributed by atoms with Crippen molar-refractivity contribution in [3.05, 3.63) is 0 Å². The number of carboxylic acids is 4. The molecule has 0 saturated carbocycles. The van der Waals surface area contributed by atoms with Crippen LogP contribution in [-0.4, -0.2) is 180 Å². The SMILES string of the molecule is O=C(O)CN1CCN(CC(=O)O)CCN(CC(=O)O)CCN(CC(=O)O)CC1.[Ca+2].[H-].[H-]. The van der Waals surface area contributed by atoms with Crippen molar-refractivity contribution in [2.75, 3.05) is 78.5 Å². The third kappa shape index (κ3) is 13.8. The van der Waals surface area contributed by atoms with Crippen LogP contribution in [0.2, 0.25) is 0 Å². The molecular weight excluding hydrogens is 416 g/mol. The van der Waals surface area contributed by atoms with E-state index >= 15 is 0 Å². The van der Waals surface area contributed by atoms with Gasteiger partial charge in [-0.2, -0.15) is 0 Å². The molecule has 12 nitrogen and oxygen atoms in total. The monoisotopic (exact) mass is 446 g/mol. The first-order valence-corrected chi connectivity index (χ1v) is 8.92. The van der Waals surface area contributed by atoms with E-state index < -0.39 is 23.9 Å². The third-order valence-electron chi connectivity index (χ3n) is 4.37. The van der Waals surface area contributed by atoms with Crippen LogP contribution in [0.15, 0.2) is 0 Å². The third-order valence-corrected chi connectivity index (χ3v) is 4.37. The Morgan fingerprint density at radius 1 is 0.483 bits per heavy atom. The summed E-state index contributed by atoms with van der Waals surface area (Å²) < 4.78 is 0. The van der Waals surface area contributed by atoms with Crippen molar-refractivity contribution in [3.63, 3.8) is 0 Å². The molecule has 1 aliphatic rings. The predicted octanol–water partition coefficient (Wildman–Crippen LogP) is -2.61. The maximum absolute atomic E-state index is 11.1. The average Bonchev–Trinajstić information content (AvgIpc) is 2.55. The van der Waals surface area contributed by atoms with Crippen molar-refractivity contribution in [1.82, 2.24) is 19.6 Å². The van der Waals surface area contributed by atoms with Crippen molar-refractivity contribution < 1.29 is 42.5 Å². The van der Waals surface area contributed by atoms with E-state index in [1.54, 1.807) is 19.6 Å². The smallest absolute Gasteiger partial charge is 1.00 e. The van der Waals surface area contributed by atoms with Crippen LogP contribution in [0.4, 0.5) is 0 Å². The summed E-state index contributed by atoms with van der Waals surface area (Å²) in [6.07, 6.45) is 0. The topological polar surface area (TPSA) is 162 Å². The largest absolute Gasteiger partial charge is 2.00 e. The van der Waals surface area contributed by atoms with E-state index in [1.165, 1.54) is 0 Å². The van der Waals surface area contributed by atoms with Gasteiger partial charge < -0.3 is 23.3 Å². The standard InChI is InChI=1S/C16H28N4O8.Ca.2H/c21-13(22)9-17-1-2-18(10-14(23)24)5-6-20(12-16(27)28)8-7-19(4-3-17)11-15(25)26;;;/h1-12H2,(H,21,22)(H,23,24)(H,25,26)(H,27,28);;;/q;+2;2*-1. The molecule has 0 spiro atoms. The molecule has 1 aliphatic heterocycles. The molecule has 0 aromatic carbocycles. The Labute approximate surface area is 201 Å². The van der Waals surface area contributed by atoms with Gasteiger partial charge in [-0.05, 0) is 0 Å². The Bertz CT molecular complexity index is 464. The summed E-state index contributed by atoms with van der Waals surface area (Å²) in [7, 11) is 0. The zero-order valence-electron chi connectivity index (χ0n) is 18.4. The second kappa shape index (κ2) is 14.9. The fourth-order valence-electron chi connectivity index (χ4n) is 2.98. The maximum Gasteiger partial charge on any atom is 2.00 e. The zero-order chi connectivity index (χ0) is 21.1. The molecule has 1 rings (SSSR count). The van der Waals surface area contributed by atoms with Crippen LogP contribution < -0.4 is 0 Å². The molecule has 1 heterocycles. The van der Waals surface area contributed by atoms with Gasteiger partial charge in [-0.1, -0.05) is 0 Å². The van der Waals surface area contributed by atoms with E-state index in [0.717, 1.165) is 0 Å². The van der Waals surface area contributed by atoms with Gasteiger partial charge in [0.25, 0.3) is 0 Å². The van der Waals surface area contributed by atoms with Gasteiger partial charge in [-0.3, -0.25) is 38.8 Å². The molecular formula is C16H30CaN4O8. The molecule has 1 fully saturated rings. The van der Waals surface area contributed by atoms with E-state index in [2.05, 4.69) is 0 Å². The maximum atomic E-state index is 11.1. The molecule has 0 aliphatic carbocycles. The summed E-state index contributed by atoms with van der Waals surface area (Å²) in [6, 6.07) is 0. The van der Waals surface area contributed by atoms with E-state index in [1.807, 2.05) is 0 Å². The summed E-state index contributed by atoms with van der Waals surface area (Å²) in [5.41, 5.74) is 0. The molecule has 13 heteroatoms. The minimum Gasteiger partial charge on any atom is -1.00 e. The number of nitrogens with zero attached hydrogens (tertiary/aromatic N) is 4. The minimum absolute atomic E-state index is 0. The van der Waals surface area contributed by atoms with Gasteiger partial charge in [0, 0.05) is 52.4 Å². The van der Waals surface area contributed by atoms with Crippen LogP contribution in [0.5, 0.6) is 0 Å². The van der Waals surface area contributed by atoms with Gasteiger partial charge in [0.1, 0.15) is 0 Å². The summed E-state index contributed by atoms with van der Waals surface area (Å²) in [4.78, 5) is 50.9. The van der Waals surface area contributed by atoms with Gasteiger partial charge in [-0.25, -0.2) is 0 Å². The molecule has 0 bridgehead atoms. The number of rotatable bonds is 8. The molecule has 0 atom stereocenters. The normalized spacial score (nSPS) is 18.8. The second-order valence-electron chi connectivity index (χ2n) is 6.68. The number of carboxylic acid groups (broad SMARTS) is 4. The molecule has 4 N–H and O–H groups in total. The summed E-state index contributed by atoms with van der Waals surface area (Å²) >= 11 is 0.